The molecule has 0 saturated carbocycles. The quantitative estimate of drug-likeness (QED) is 0.407. The van der Waals surface area contributed by atoms with Crippen LogP contribution in [-0.4, -0.2) is 12.6 Å². The first-order chi connectivity index (χ1) is 5.68. The Morgan fingerprint density at radius 1 is 1.33 bits per heavy atom. The third-order valence-electron chi connectivity index (χ3n) is 1.84. The number of allylic oxidation sites excluding steroid dienone is 2. The minimum atomic E-state index is -0.220. The van der Waals surface area contributed by atoms with E-state index in [0.29, 0.717) is 6.61 Å². The number of hydrogen-bond donors (Lipinski definition) is 0. The summed E-state index contributed by atoms with van der Waals surface area (Å²) in [5.41, 5.74) is 2.22. The summed E-state index contributed by atoms with van der Waals surface area (Å²) in [5.74, 6) is -0.220. The van der Waals surface area contributed by atoms with Crippen molar-refractivity contribution in [2.75, 3.05) is 6.61 Å². The highest BCUT2D eigenvalue weighted by molar-refractivity contribution is 5.82. The standard InChI is InChI=1S/C10H14O2/c1-8-4-3-5-9(2)7-12-10(11)6-8/h5-6H,3-4,7H2,1-2H3/b8-6-,9-5-. The summed E-state index contributed by atoms with van der Waals surface area (Å²) in [7, 11) is 0. The van der Waals surface area contributed by atoms with Crippen LogP contribution in [0.3, 0.4) is 0 Å². The number of hydrogen-bond acceptors (Lipinski definition) is 2. The van der Waals surface area contributed by atoms with Crippen molar-refractivity contribution in [3.8, 4) is 0 Å². The van der Waals surface area contributed by atoms with Crippen LogP contribution in [0.5, 0.6) is 0 Å². The van der Waals surface area contributed by atoms with Crippen molar-refractivity contribution in [3.63, 3.8) is 0 Å². The van der Waals surface area contributed by atoms with Gasteiger partial charge in [-0.2, -0.15) is 0 Å². The summed E-state index contributed by atoms with van der Waals surface area (Å²) < 4.78 is 4.96. The smallest absolute Gasteiger partial charge is 0.331 e. The van der Waals surface area contributed by atoms with Crippen molar-refractivity contribution < 1.29 is 9.53 Å². The molecule has 0 saturated heterocycles. The van der Waals surface area contributed by atoms with Crippen molar-refractivity contribution in [3.05, 3.63) is 23.3 Å². The van der Waals surface area contributed by atoms with Gasteiger partial charge in [-0.15, -0.1) is 0 Å². The van der Waals surface area contributed by atoms with Gasteiger partial charge in [0.05, 0.1) is 0 Å². The fourth-order valence-corrected chi connectivity index (χ4v) is 1.11. The van der Waals surface area contributed by atoms with E-state index in [1.54, 1.807) is 6.08 Å². The van der Waals surface area contributed by atoms with E-state index in [9.17, 15) is 4.79 Å². The summed E-state index contributed by atoms with van der Waals surface area (Å²) in [6.07, 6.45) is 5.65. The highest BCUT2D eigenvalue weighted by Crippen LogP contribution is 2.09. The molecule has 0 aromatic heterocycles. The first kappa shape index (κ1) is 9.04. The Bertz CT molecular complexity index is 236. The maximum Gasteiger partial charge on any atom is 0.331 e. The van der Waals surface area contributed by atoms with Crippen LogP contribution in [0, 0.1) is 0 Å². The van der Waals surface area contributed by atoms with Gasteiger partial charge in [-0.25, -0.2) is 4.79 Å². The number of cyclic esters (lactones) is 1. The summed E-state index contributed by atoms with van der Waals surface area (Å²) in [6, 6.07) is 0. The van der Waals surface area contributed by atoms with Crippen LogP contribution in [0.25, 0.3) is 0 Å². The molecule has 0 aromatic rings. The van der Waals surface area contributed by atoms with E-state index in [1.807, 2.05) is 13.8 Å². The van der Waals surface area contributed by atoms with E-state index in [4.69, 9.17) is 4.74 Å². The molecule has 2 nitrogen and oxygen atoms in total. The molecule has 0 bridgehead atoms. The Kier molecular flexibility index (Phi) is 3.09. The van der Waals surface area contributed by atoms with Crippen molar-refractivity contribution in [1.82, 2.24) is 0 Å². The van der Waals surface area contributed by atoms with Crippen molar-refractivity contribution in [2.24, 2.45) is 0 Å². The summed E-state index contributed by atoms with van der Waals surface area (Å²) in [6.45, 7) is 4.37. The molecule has 1 aliphatic heterocycles. The summed E-state index contributed by atoms with van der Waals surface area (Å²) >= 11 is 0. The zero-order chi connectivity index (χ0) is 8.97. The summed E-state index contributed by atoms with van der Waals surface area (Å²) in [5, 5.41) is 0. The molecule has 2 heteroatoms. The number of carbonyl (C=O) groups excluding carboxylic acids is 1. The summed E-state index contributed by atoms with van der Waals surface area (Å²) in [4.78, 5) is 11.0. The minimum Gasteiger partial charge on any atom is -0.458 e. The van der Waals surface area contributed by atoms with Crippen molar-refractivity contribution in [1.29, 1.82) is 0 Å². The molecule has 0 atom stereocenters. The van der Waals surface area contributed by atoms with Crippen molar-refractivity contribution in [2.45, 2.75) is 26.7 Å². The van der Waals surface area contributed by atoms with Gasteiger partial charge >= 0.3 is 5.97 Å². The lowest BCUT2D eigenvalue weighted by molar-refractivity contribution is -0.136. The Hall–Kier alpha value is -1.05. The predicted molar refractivity (Wildman–Crippen MR) is 47.7 cm³/mol. The normalized spacial score (nSPS) is 28.3. The van der Waals surface area contributed by atoms with E-state index in [1.165, 1.54) is 0 Å². The van der Waals surface area contributed by atoms with Gasteiger partial charge in [0.25, 0.3) is 0 Å². The van der Waals surface area contributed by atoms with E-state index in [0.717, 1.165) is 24.0 Å². The molecule has 0 aliphatic carbocycles. The molecule has 0 spiro atoms. The molecule has 0 amide bonds. The number of rotatable bonds is 0. The Labute approximate surface area is 72.9 Å². The van der Waals surface area contributed by atoms with Crippen LogP contribution in [0.4, 0.5) is 0 Å². The van der Waals surface area contributed by atoms with Gasteiger partial charge in [0, 0.05) is 6.08 Å². The molecular formula is C10H14O2. The Morgan fingerprint density at radius 3 is 2.83 bits per heavy atom. The maximum absolute atomic E-state index is 11.0. The molecule has 0 aromatic carbocycles. The number of carbonyl (C=O) groups is 1. The molecule has 1 rings (SSSR count). The molecular weight excluding hydrogens is 152 g/mol. The first-order valence-electron chi connectivity index (χ1n) is 4.18. The number of ether oxygens (including phenoxy) is 1. The second-order valence-electron chi connectivity index (χ2n) is 3.19. The third-order valence-corrected chi connectivity index (χ3v) is 1.84. The van der Waals surface area contributed by atoms with Crippen molar-refractivity contribution >= 4 is 5.97 Å². The number of esters is 1. The van der Waals surface area contributed by atoms with Crippen LogP contribution in [0.1, 0.15) is 26.7 Å². The highest BCUT2D eigenvalue weighted by atomic mass is 16.5. The average molecular weight is 166 g/mol. The van der Waals surface area contributed by atoms with Gasteiger partial charge in [-0.3, -0.25) is 0 Å². The molecule has 12 heavy (non-hydrogen) atoms. The largest absolute Gasteiger partial charge is 0.458 e. The van der Waals surface area contributed by atoms with Crippen LogP contribution in [-0.2, 0) is 9.53 Å². The third kappa shape index (κ3) is 2.91. The van der Waals surface area contributed by atoms with Crippen LogP contribution in [0.2, 0.25) is 0 Å². The molecule has 1 heterocycles. The minimum absolute atomic E-state index is 0.220. The molecule has 0 N–H and O–H groups in total. The van der Waals surface area contributed by atoms with E-state index in [-0.39, 0.29) is 5.97 Å². The fourth-order valence-electron chi connectivity index (χ4n) is 1.11. The van der Waals surface area contributed by atoms with Crippen LogP contribution >= 0.6 is 0 Å². The first-order valence-corrected chi connectivity index (χ1v) is 4.18. The van der Waals surface area contributed by atoms with Crippen LogP contribution < -0.4 is 0 Å². The lowest BCUT2D eigenvalue weighted by Crippen LogP contribution is -2.02. The molecule has 0 radical (unpaired) electrons. The predicted octanol–water partition coefficient (Wildman–Crippen LogP) is 2.22. The van der Waals surface area contributed by atoms with E-state index < -0.39 is 0 Å². The molecule has 0 unspecified atom stereocenters. The Morgan fingerprint density at radius 2 is 2.08 bits per heavy atom. The van der Waals surface area contributed by atoms with Gasteiger partial charge in [0.2, 0.25) is 0 Å². The van der Waals surface area contributed by atoms with Gasteiger partial charge in [-0.1, -0.05) is 11.6 Å². The van der Waals surface area contributed by atoms with Gasteiger partial charge in [-0.05, 0) is 32.3 Å². The highest BCUT2D eigenvalue weighted by Gasteiger charge is 2.02. The SMILES string of the molecule is C/C1=C/C(=O)OC/C(C)=C\CC1. The van der Waals surface area contributed by atoms with Gasteiger partial charge < -0.3 is 4.74 Å². The fraction of sp³-hybridized carbons (Fsp3) is 0.500. The van der Waals surface area contributed by atoms with Gasteiger partial charge in [0.1, 0.15) is 6.61 Å². The topological polar surface area (TPSA) is 26.3 Å². The monoisotopic (exact) mass is 166 g/mol. The van der Waals surface area contributed by atoms with Gasteiger partial charge in [0.15, 0.2) is 0 Å². The van der Waals surface area contributed by atoms with E-state index >= 15 is 0 Å². The maximum atomic E-state index is 11.0. The molecule has 66 valence electrons. The zero-order valence-electron chi connectivity index (χ0n) is 7.59. The van der Waals surface area contributed by atoms with E-state index in [2.05, 4.69) is 6.08 Å². The molecule has 0 fully saturated rings. The zero-order valence-corrected chi connectivity index (χ0v) is 7.59. The second-order valence-corrected chi connectivity index (χ2v) is 3.19. The molecule has 1 aliphatic rings. The lowest BCUT2D eigenvalue weighted by atomic mass is 10.1. The Balaban J connectivity index is 2.67. The van der Waals surface area contributed by atoms with Crippen LogP contribution in [0.15, 0.2) is 23.3 Å². The average Bonchev–Trinajstić information content (AvgIpc) is 2.05. The lowest BCUT2D eigenvalue weighted by Gasteiger charge is -1.99. The second kappa shape index (κ2) is 4.10.